The summed E-state index contributed by atoms with van der Waals surface area (Å²) >= 11 is 0. The molecule has 0 saturated carbocycles. The van der Waals surface area contributed by atoms with Crippen LogP contribution in [0, 0.1) is 0 Å². The molecular weight excluding hydrogens is 344 g/mol. The molecule has 0 radical (unpaired) electrons. The van der Waals surface area contributed by atoms with Gasteiger partial charge in [0, 0.05) is 24.9 Å². The minimum atomic E-state index is -0.217. The molecule has 0 atom stereocenters. The van der Waals surface area contributed by atoms with E-state index in [0.29, 0.717) is 23.0 Å². The summed E-state index contributed by atoms with van der Waals surface area (Å²) in [6.07, 6.45) is 1.69. The number of nitrogens with two attached hydrogens (primary N) is 1. The highest BCUT2D eigenvalue weighted by Crippen LogP contribution is 2.25. The van der Waals surface area contributed by atoms with Crippen molar-refractivity contribution < 1.29 is 19.6 Å². The van der Waals surface area contributed by atoms with Gasteiger partial charge in [-0.3, -0.25) is 4.79 Å². The van der Waals surface area contributed by atoms with Crippen molar-refractivity contribution in [3.63, 3.8) is 0 Å². The molecule has 138 valence electrons. The first-order chi connectivity index (χ1) is 13.1. The lowest BCUT2D eigenvalue weighted by Gasteiger charge is -2.09. The number of benzene rings is 2. The number of aromatic nitrogens is 2. The number of hydrogen-bond acceptors (Lipinski definition) is 5. The third kappa shape index (κ3) is 4.21. The normalized spacial score (nSPS) is 10.3. The molecule has 3 aromatic rings. The number of carbonyl (C=O) groups is 1. The van der Waals surface area contributed by atoms with Crippen molar-refractivity contribution in [3.05, 3.63) is 60.3 Å². The highest BCUT2D eigenvalue weighted by molar-refractivity contribution is 5.98. The molecule has 27 heavy (non-hydrogen) atoms. The van der Waals surface area contributed by atoms with E-state index in [4.69, 9.17) is 9.47 Å². The van der Waals surface area contributed by atoms with Gasteiger partial charge in [-0.25, -0.2) is 5.32 Å². The summed E-state index contributed by atoms with van der Waals surface area (Å²) in [4.78, 5) is 21.0. The maximum Gasteiger partial charge on any atom is 0.331 e. The Kier molecular flexibility index (Phi) is 5.63. The average molecular weight is 365 g/mol. The van der Waals surface area contributed by atoms with Gasteiger partial charge in [0.05, 0.1) is 25.5 Å². The Morgan fingerprint density at radius 1 is 1.07 bits per heavy atom. The molecule has 0 bridgehead atoms. The van der Waals surface area contributed by atoms with E-state index in [2.05, 4.69) is 15.3 Å². The molecule has 0 unspecified atom stereocenters. The Labute approximate surface area is 157 Å². The number of rotatable bonds is 6. The van der Waals surface area contributed by atoms with E-state index in [0.717, 1.165) is 17.0 Å². The third-order valence-electron chi connectivity index (χ3n) is 4.03. The second kappa shape index (κ2) is 8.29. The molecule has 0 aliphatic heterocycles. The van der Waals surface area contributed by atoms with E-state index in [-0.39, 0.29) is 5.91 Å². The van der Waals surface area contributed by atoms with E-state index < -0.39 is 0 Å². The number of ether oxygens (including phenoxy) is 2. The maximum absolute atomic E-state index is 12.1. The molecule has 0 aliphatic carbocycles. The van der Waals surface area contributed by atoms with Crippen molar-refractivity contribution in [3.8, 4) is 22.8 Å². The smallest absolute Gasteiger partial charge is 0.331 e. The van der Waals surface area contributed by atoms with Gasteiger partial charge < -0.3 is 14.8 Å². The van der Waals surface area contributed by atoms with Crippen LogP contribution in [0.1, 0.15) is 10.4 Å². The van der Waals surface area contributed by atoms with Crippen molar-refractivity contribution >= 4 is 17.5 Å². The van der Waals surface area contributed by atoms with Crippen molar-refractivity contribution in [2.75, 3.05) is 21.3 Å². The van der Waals surface area contributed by atoms with E-state index >= 15 is 0 Å². The maximum atomic E-state index is 12.1. The van der Waals surface area contributed by atoms with Crippen LogP contribution < -0.4 is 20.1 Å². The van der Waals surface area contributed by atoms with Crippen molar-refractivity contribution in [2.24, 2.45) is 0 Å². The largest absolute Gasteiger partial charge is 0.497 e. The number of nitrogens with one attached hydrogen (secondary N) is 1. The summed E-state index contributed by atoms with van der Waals surface area (Å²) in [7, 11) is 4.75. The second-order valence-electron chi connectivity index (χ2n) is 5.72. The monoisotopic (exact) mass is 365 g/mol. The molecule has 7 heteroatoms. The van der Waals surface area contributed by atoms with Gasteiger partial charge in [0.2, 0.25) is 0 Å². The van der Waals surface area contributed by atoms with Gasteiger partial charge >= 0.3 is 5.95 Å². The van der Waals surface area contributed by atoms with Gasteiger partial charge in [0.25, 0.3) is 5.91 Å². The highest BCUT2D eigenvalue weighted by Gasteiger charge is 2.14. The van der Waals surface area contributed by atoms with Gasteiger partial charge in [-0.1, -0.05) is 6.07 Å². The van der Waals surface area contributed by atoms with E-state index in [1.807, 2.05) is 35.6 Å². The van der Waals surface area contributed by atoms with Crippen LogP contribution in [0.15, 0.2) is 54.7 Å². The number of amides is 1. The minimum absolute atomic E-state index is 0.217. The fourth-order valence-corrected chi connectivity index (χ4v) is 2.66. The molecule has 0 fully saturated rings. The van der Waals surface area contributed by atoms with Crippen molar-refractivity contribution in [1.29, 1.82) is 0 Å². The summed E-state index contributed by atoms with van der Waals surface area (Å²) in [6, 6.07) is 14.8. The van der Waals surface area contributed by atoms with Crippen LogP contribution in [-0.2, 0) is 0 Å². The fraction of sp³-hybridized carbons (Fsp3) is 0.150. The Morgan fingerprint density at radius 2 is 1.93 bits per heavy atom. The van der Waals surface area contributed by atoms with Crippen LogP contribution >= 0.6 is 0 Å². The van der Waals surface area contributed by atoms with Crippen LogP contribution in [0.2, 0.25) is 0 Å². The number of quaternary nitrogens is 1. The van der Waals surface area contributed by atoms with Gasteiger partial charge in [0.15, 0.2) is 0 Å². The Balaban J connectivity index is 1.92. The zero-order valence-electron chi connectivity index (χ0n) is 15.4. The van der Waals surface area contributed by atoms with Gasteiger partial charge in [-0.05, 0) is 36.4 Å². The van der Waals surface area contributed by atoms with Crippen molar-refractivity contribution in [2.45, 2.75) is 0 Å². The first-order valence-corrected chi connectivity index (χ1v) is 8.37. The predicted octanol–water partition coefficient (Wildman–Crippen LogP) is 2.05. The summed E-state index contributed by atoms with van der Waals surface area (Å²) in [5.41, 5.74) is 2.91. The van der Waals surface area contributed by atoms with Crippen LogP contribution in [0.3, 0.4) is 0 Å². The molecule has 0 saturated heterocycles. The topological polar surface area (TPSA) is 90.0 Å². The van der Waals surface area contributed by atoms with E-state index in [9.17, 15) is 4.79 Å². The number of carbonyl (C=O) groups excluding carboxylic acids is 1. The molecule has 1 heterocycles. The van der Waals surface area contributed by atoms with Gasteiger partial charge in [-0.2, -0.15) is 9.97 Å². The summed E-state index contributed by atoms with van der Waals surface area (Å²) in [5.74, 6) is 1.63. The zero-order valence-corrected chi connectivity index (χ0v) is 15.4. The summed E-state index contributed by atoms with van der Waals surface area (Å²) in [5, 5.41) is 4.49. The predicted molar refractivity (Wildman–Crippen MR) is 102 cm³/mol. The number of hydrogen-bond donors (Lipinski definition) is 2. The molecule has 1 aromatic heterocycles. The molecule has 0 aliphatic rings. The lowest BCUT2D eigenvalue weighted by molar-refractivity contribution is -0.487. The zero-order chi connectivity index (χ0) is 19.2. The molecular formula is C20H21N4O3+. The third-order valence-corrected chi connectivity index (χ3v) is 4.03. The lowest BCUT2D eigenvalue weighted by Crippen LogP contribution is -2.72. The van der Waals surface area contributed by atoms with Crippen molar-refractivity contribution in [1.82, 2.24) is 15.3 Å². The average Bonchev–Trinajstić information content (AvgIpc) is 2.73. The lowest BCUT2D eigenvalue weighted by atomic mass is 10.1. The van der Waals surface area contributed by atoms with Gasteiger partial charge in [0.1, 0.15) is 17.2 Å². The standard InChI is InChI=1S/C20H20N4O3/c1-21-19(25)16-11-13(7-8-18(16)27-3)17-9-10-22-20(24-17)23-14-5-4-6-15(12-14)26-2/h4-12H,1-3H3,(H,21,25)(H,22,23,24)/p+1. The second-order valence-corrected chi connectivity index (χ2v) is 5.72. The van der Waals surface area contributed by atoms with Crippen LogP contribution in [-0.4, -0.2) is 37.1 Å². The first kappa shape index (κ1) is 18.3. The van der Waals surface area contributed by atoms with E-state index in [1.54, 1.807) is 38.6 Å². The Morgan fingerprint density at radius 3 is 2.67 bits per heavy atom. The summed E-state index contributed by atoms with van der Waals surface area (Å²) < 4.78 is 10.5. The molecule has 2 aromatic carbocycles. The first-order valence-electron chi connectivity index (χ1n) is 8.37. The Hall–Kier alpha value is -3.45. The highest BCUT2D eigenvalue weighted by atomic mass is 16.5. The quantitative estimate of drug-likeness (QED) is 0.653. The minimum Gasteiger partial charge on any atom is -0.497 e. The number of methoxy groups -OCH3 is 2. The van der Waals surface area contributed by atoms with Crippen LogP contribution in [0.5, 0.6) is 11.5 Å². The molecule has 1 amide bonds. The molecule has 3 rings (SSSR count). The van der Waals surface area contributed by atoms with Gasteiger partial charge in [-0.15, -0.1) is 0 Å². The molecule has 0 spiro atoms. The number of nitrogens with zero attached hydrogens (tertiary/aromatic N) is 2. The van der Waals surface area contributed by atoms with Crippen LogP contribution in [0.4, 0.5) is 11.6 Å². The summed E-state index contributed by atoms with van der Waals surface area (Å²) in [6.45, 7) is 0. The Bertz CT molecular complexity index is 959. The molecule has 3 N–H and O–H groups in total. The molecule has 7 nitrogen and oxygen atoms in total. The van der Waals surface area contributed by atoms with E-state index in [1.165, 1.54) is 7.11 Å². The SMILES string of the molecule is CNC(=O)c1cc(-c2ccnc([NH2+]c3cccc(OC)c3)n2)ccc1OC. The fourth-order valence-electron chi connectivity index (χ4n) is 2.66. The van der Waals surface area contributed by atoms with Crippen LogP contribution in [0.25, 0.3) is 11.3 Å².